The molecule has 3 aromatic carbocycles. The fraction of sp³-hybridized carbons (Fsp3) is 0.154. The Balaban J connectivity index is 1.47. The quantitative estimate of drug-likeness (QED) is 0.411. The molecular weight excluding hydrogens is 466 g/mol. The average Bonchev–Trinajstić information content (AvgIpc) is 3.26. The second-order valence-electron chi connectivity index (χ2n) is 8.04. The van der Waals surface area contributed by atoms with Gasteiger partial charge in [0.05, 0.1) is 6.04 Å². The lowest BCUT2D eigenvalue weighted by Crippen LogP contribution is -2.39. The third-order valence-corrected chi connectivity index (χ3v) is 6.46. The van der Waals surface area contributed by atoms with E-state index in [2.05, 4.69) is 32.3 Å². The summed E-state index contributed by atoms with van der Waals surface area (Å²) in [5, 5.41) is 4.03. The number of carbonyl (C=O) groups excluding carboxylic acids is 2. The van der Waals surface area contributed by atoms with Crippen molar-refractivity contribution in [1.29, 1.82) is 0 Å². The van der Waals surface area contributed by atoms with Gasteiger partial charge in [-0.1, -0.05) is 64.5 Å². The van der Waals surface area contributed by atoms with E-state index in [0.29, 0.717) is 12.1 Å². The van der Waals surface area contributed by atoms with E-state index < -0.39 is 0 Å². The summed E-state index contributed by atoms with van der Waals surface area (Å²) in [4.78, 5) is 31.3. The van der Waals surface area contributed by atoms with Crippen LogP contribution in [0, 0.1) is 6.92 Å². The maximum Gasteiger partial charge on any atom is 0.255 e. The van der Waals surface area contributed by atoms with Crippen LogP contribution in [0.1, 0.15) is 38.8 Å². The molecule has 0 radical (unpaired) electrons. The number of carbonyl (C=O) groups is 2. The van der Waals surface area contributed by atoms with Gasteiger partial charge >= 0.3 is 0 Å². The SMILES string of the molecule is Cc1[nH]c2ccccc2c1C1c2ccccc2C(=O)N1CC(=O)NCc1cccc(Br)c1. The van der Waals surface area contributed by atoms with Gasteiger partial charge in [0, 0.05) is 38.7 Å². The topological polar surface area (TPSA) is 65.2 Å². The van der Waals surface area contributed by atoms with Crippen LogP contribution in [0.4, 0.5) is 0 Å². The lowest BCUT2D eigenvalue weighted by molar-refractivity contribution is -0.122. The van der Waals surface area contributed by atoms with Crippen molar-refractivity contribution >= 4 is 38.6 Å². The van der Waals surface area contributed by atoms with E-state index in [1.807, 2.05) is 73.7 Å². The number of hydrogen-bond acceptors (Lipinski definition) is 2. The Morgan fingerprint density at radius 3 is 2.69 bits per heavy atom. The number of aromatic amines is 1. The number of aryl methyl sites for hydroxylation is 1. The van der Waals surface area contributed by atoms with E-state index >= 15 is 0 Å². The number of para-hydroxylation sites is 1. The molecule has 2 N–H and O–H groups in total. The van der Waals surface area contributed by atoms with E-state index in [4.69, 9.17) is 0 Å². The van der Waals surface area contributed by atoms with Gasteiger partial charge in [-0.15, -0.1) is 0 Å². The monoisotopic (exact) mass is 487 g/mol. The minimum atomic E-state index is -0.313. The first-order valence-electron chi connectivity index (χ1n) is 10.5. The van der Waals surface area contributed by atoms with E-state index in [-0.39, 0.29) is 24.4 Å². The third-order valence-electron chi connectivity index (χ3n) is 5.97. The summed E-state index contributed by atoms with van der Waals surface area (Å²) in [6.45, 7) is 2.42. The van der Waals surface area contributed by atoms with Gasteiger partial charge in [-0.3, -0.25) is 9.59 Å². The second-order valence-corrected chi connectivity index (χ2v) is 8.95. The first-order chi connectivity index (χ1) is 15.5. The van der Waals surface area contributed by atoms with Crippen LogP contribution >= 0.6 is 15.9 Å². The highest BCUT2D eigenvalue weighted by Crippen LogP contribution is 2.42. The average molecular weight is 488 g/mol. The molecule has 0 spiro atoms. The zero-order valence-corrected chi connectivity index (χ0v) is 19.1. The summed E-state index contributed by atoms with van der Waals surface area (Å²) in [5.74, 6) is -0.304. The molecule has 0 aliphatic carbocycles. The first-order valence-corrected chi connectivity index (χ1v) is 11.3. The predicted octanol–water partition coefficient (Wildman–Crippen LogP) is 5.10. The number of fused-ring (bicyclic) bond motifs is 2. The Morgan fingerprint density at radius 1 is 1.06 bits per heavy atom. The Morgan fingerprint density at radius 2 is 1.84 bits per heavy atom. The van der Waals surface area contributed by atoms with Crippen molar-refractivity contribution in [3.05, 3.63) is 105 Å². The van der Waals surface area contributed by atoms with Crippen molar-refractivity contribution < 1.29 is 9.59 Å². The smallest absolute Gasteiger partial charge is 0.255 e. The Bertz CT molecular complexity index is 1340. The fourth-order valence-electron chi connectivity index (χ4n) is 4.55. The van der Waals surface area contributed by atoms with Gasteiger partial charge in [-0.25, -0.2) is 0 Å². The Hall–Kier alpha value is -3.38. The van der Waals surface area contributed by atoms with E-state index in [0.717, 1.165) is 37.8 Å². The molecular formula is C26H22BrN3O2. The highest BCUT2D eigenvalue weighted by molar-refractivity contribution is 9.10. The minimum Gasteiger partial charge on any atom is -0.358 e. The van der Waals surface area contributed by atoms with Crippen LogP contribution in [-0.4, -0.2) is 28.2 Å². The number of benzene rings is 3. The van der Waals surface area contributed by atoms with Crippen LogP contribution < -0.4 is 5.32 Å². The van der Waals surface area contributed by atoms with Crippen LogP contribution in [0.3, 0.4) is 0 Å². The summed E-state index contributed by atoms with van der Waals surface area (Å²) in [5.41, 5.74) is 5.65. The minimum absolute atomic E-state index is 0.00880. The van der Waals surface area contributed by atoms with Crippen molar-refractivity contribution in [2.75, 3.05) is 6.54 Å². The summed E-state index contributed by atoms with van der Waals surface area (Å²) in [6, 6.07) is 23.2. The van der Waals surface area contributed by atoms with Crippen molar-refractivity contribution in [3.8, 4) is 0 Å². The molecule has 2 amide bonds. The molecule has 0 bridgehead atoms. The highest BCUT2D eigenvalue weighted by Gasteiger charge is 2.40. The van der Waals surface area contributed by atoms with Gasteiger partial charge in [-0.2, -0.15) is 0 Å². The standard InChI is InChI=1S/C26H22BrN3O2/c1-16-24(21-11-4-5-12-22(21)29-16)25-19-9-2-3-10-20(19)26(32)30(25)15-23(31)28-14-17-7-6-8-18(27)13-17/h2-13,25,29H,14-15H2,1H3,(H,28,31). The zero-order valence-electron chi connectivity index (χ0n) is 17.6. The summed E-state index contributed by atoms with van der Waals surface area (Å²) < 4.78 is 0.962. The number of H-pyrrole nitrogens is 1. The van der Waals surface area contributed by atoms with Gasteiger partial charge < -0.3 is 15.2 Å². The first kappa shape index (κ1) is 20.5. The van der Waals surface area contributed by atoms with Crippen molar-refractivity contribution in [3.63, 3.8) is 0 Å². The second kappa shape index (κ2) is 8.28. The molecule has 0 saturated carbocycles. The number of nitrogens with one attached hydrogen (secondary N) is 2. The Labute approximate surface area is 194 Å². The van der Waals surface area contributed by atoms with Crippen molar-refractivity contribution in [2.45, 2.75) is 19.5 Å². The largest absolute Gasteiger partial charge is 0.358 e. The molecule has 2 heterocycles. The molecule has 4 aromatic rings. The zero-order chi connectivity index (χ0) is 22.2. The molecule has 32 heavy (non-hydrogen) atoms. The number of amides is 2. The molecule has 5 rings (SSSR count). The van der Waals surface area contributed by atoms with Crippen LogP contribution in [-0.2, 0) is 11.3 Å². The summed E-state index contributed by atoms with van der Waals surface area (Å²) in [6.07, 6.45) is 0. The number of rotatable bonds is 5. The number of nitrogens with zero attached hydrogens (tertiary/aromatic N) is 1. The van der Waals surface area contributed by atoms with Gasteiger partial charge in [0.25, 0.3) is 5.91 Å². The molecule has 1 unspecified atom stereocenters. The van der Waals surface area contributed by atoms with Crippen molar-refractivity contribution in [2.24, 2.45) is 0 Å². The van der Waals surface area contributed by atoms with Crippen LogP contribution in [0.2, 0.25) is 0 Å². The Kier molecular flexibility index (Phi) is 5.31. The molecule has 1 aliphatic rings. The molecule has 0 fully saturated rings. The summed E-state index contributed by atoms with van der Waals surface area (Å²) >= 11 is 3.45. The van der Waals surface area contributed by atoms with Crippen molar-refractivity contribution in [1.82, 2.24) is 15.2 Å². The fourth-order valence-corrected chi connectivity index (χ4v) is 5.00. The molecule has 1 aromatic heterocycles. The lowest BCUT2D eigenvalue weighted by atomic mass is 9.95. The van der Waals surface area contributed by atoms with E-state index in [1.165, 1.54) is 0 Å². The normalized spacial score (nSPS) is 15.2. The number of aromatic nitrogens is 1. The lowest BCUT2D eigenvalue weighted by Gasteiger charge is -2.25. The van der Waals surface area contributed by atoms with Crippen LogP contribution in [0.5, 0.6) is 0 Å². The number of halogens is 1. The third kappa shape index (κ3) is 3.60. The summed E-state index contributed by atoms with van der Waals surface area (Å²) in [7, 11) is 0. The van der Waals surface area contributed by atoms with Gasteiger partial charge in [0.15, 0.2) is 0 Å². The van der Waals surface area contributed by atoms with Gasteiger partial charge in [0.1, 0.15) is 6.54 Å². The van der Waals surface area contributed by atoms with Crippen LogP contribution in [0.15, 0.2) is 77.3 Å². The van der Waals surface area contributed by atoms with Gasteiger partial charge in [0.2, 0.25) is 5.91 Å². The predicted molar refractivity (Wildman–Crippen MR) is 128 cm³/mol. The molecule has 0 saturated heterocycles. The van der Waals surface area contributed by atoms with Crippen LogP contribution in [0.25, 0.3) is 10.9 Å². The number of hydrogen-bond donors (Lipinski definition) is 2. The van der Waals surface area contributed by atoms with E-state index in [9.17, 15) is 9.59 Å². The molecule has 160 valence electrons. The maximum absolute atomic E-state index is 13.3. The van der Waals surface area contributed by atoms with E-state index in [1.54, 1.807) is 4.90 Å². The molecule has 1 aliphatic heterocycles. The maximum atomic E-state index is 13.3. The molecule has 5 nitrogen and oxygen atoms in total. The molecule has 1 atom stereocenters. The highest BCUT2D eigenvalue weighted by atomic mass is 79.9. The molecule has 6 heteroatoms. The van der Waals surface area contributed by atoms with Gasteiger partial charge in [-0.05, 0) is 42.3 Å².